The van der Waals surface area contributed by atoms with E-state index in [1.54, 1.807) is 18.4 Å². The Bertz CT molecular complexity index is 1140. The first-order chi connectivity index (χ1) is 14.0. The van der Waals surface area contributed by atoms with E-state index in [-0.39, 0.29) is 11.9 Å². The zero-order chi connectivity index (χ0) is 20.4. The molecule has 152 valence electrons. The Morgan fingerprint density at radius 2 is 2.17 bits per heavy atom. The van der Waals surface area contributed by atoms with Crippen molar-refractivity contribution in [2.45, 2.75) is 19.4 Å². The lowest BCUT2D eigenvalue weighted by Gasteiger charge is -2.26. The van der Waals surface area contributed by atoms with Crippen molar-refractivity contribution in [3.05, 3.63) is 48.0 Å². The minimum Gasteiger partial charge on any atom is -0.489 e. The average molecular weight is 416 g/mol. The maximum Gasteiger partial charge on any atom is 0.145 e. The molecule has 1 saturated heterocycles. The molecule has 29 heavy (non-hydrogen) atoms. The smallest absolute Gasteiger partial charge is 0.145 e. The third kappa shape index (κ3) is 4.46. The van der Waals surface area contributed by atoms with Crippen LogP contribution in [0.3, 0.4) is 0 Å². The zero-order valence-electron chi connectivity index (χ0n) is 16.1. The molecule has 2 aromatic carbocycles. The SMILES string of the molecule is Cc1cc(/N=[SH](/C)=O)cc2ncnc(Nc3ccc(F)cc3OCC3CCO3)c12. The first-order valence-electron chi connectivity index (χ1n) is 9.18. The van der Waals surface area contributed by atoms with Crippen LogP contribution in [0.2, 0.25) is 0 Å². The van der Waals surface area contributed by atoms with Gasteiger partial charge < -0.3 is 14.8 Å². The number of hydrogen-bond donors (Lipinski definition) is 2. The Labute approximate surface area is 169 Å². The van der Waals surface area contributed by atoms with E-state index in [0.29, 0.717) is 35.1 Å². The molecular formula is C20H21FN4O3S. The summed E-state index contributed by atoms with van der Waals surface area (Å²) >= 11 is 0. The van der Waals surface area contributed by atoms with E-state index in [2.05, 4.69) is 19.6 Å². The largest absolute Gasteiger partial charge is 0.489 e. The van der Waals surface area contributed by atoms with E-state index in [1.165, 1.54) is 18.5 Å². The predicted octanol–water partition coefficient (Wildman–Crippen LogP) is 3.91. The van der Waals surface area contributed by atoms with Crippen LogP contribution in [0.5, 0.6) is 5.75 Å². The minimum absolute atomic E-state index is 0.0421. The van der Waals surface area contributed by atoms with Gasteiger partial charge in [-0.1, -0.05) is 0 Å². The summed E-state index contributed by atoms with van der Waals surface area (Å²) in [7, 11) is -1.65. The van der Waals surface area contributed by atoms with Crippen molar-refractivity contribution in [1.82, 2.24) is 9.97 Å². The third-order valence-corrected chi connectivity index (χ3v) is 5.10. The number of aryl methyl sites for hydroxylation is 1. The summed E-state index contributed by atoms with van der Waals surface area (Å²) < 4.78 is 40.5. The molecule has 3 aromatic rings. The van der Waals surface area contributed by atoms with E-state index in [4.69, 9.17) is 9.47 Å². The molecule has 0 spiro atoms. The number of ether oxygens (including phenoxy) is 2. The van der Waals surface area contributed by atoms with Crippen molar-refractivity contribution >= 4 is 38.7 Å². The highest BCUT2D eigenvalue weighted by Gasteiger charge is 2.20. The number of fused-ring (bicyclic) bond motifs is 1. The number of halogens is 1. The van der Waals surface area contributed by atoms with E-state index in [9.17, 15) is 8.60 Å². The molecule has 0 amide bonds. The summed E-state index contributed by atoms with van der Waals surface area (Å²) in [4.78, 5) is 8.67. The number of anilines is 2. The van der Waals surface area contributed by atoms with Crippen LogP contribution in [0.1, 0.15) is 12.0 Å². The third-order valence-electron chi connectivity index (χ3n) is 4.59. The fourth-order valence-electron chi connectivity index (χ4n) is 3.13. The van der Waals surface area contributed by atoms with Gasteiger partial charge in [0.15, 0.2) is 0 Å². The number of nitrogens with zero attached hydrogens (tertiary/aromatic N) is 3. The molecule has 0 bridgehead atoms. The first-order valence-corrected chi connectivity index (χ1v) is 10.8. The van der Waals surface area contributed by atoms with Crippen LogP contribution in [0, 0.1) is 12.7 Å². The van der Waals surface area contributed by atoms with Crippen molar-refractivity contribution in [1.29, 1.82) is 0 Å². The quantitative estimate of drug-likeness (QED) is 0.593. The van der Waals surface area contributed by atoms with Gasteiger partial charge in [0, 0.05) is 41.3 Å². The normalized spacial score (nSPS) is 17.1. The van der Waals surface area contributed by atoms with Crippen LogP contribution >= 0.6 is 0 Å². The van der Waals surface area contributed by atoms with E-state index >= 15 is 0 Å². The number of aromatic nitrogens is 2. The van der Waals surface area contributed by atoms with Crippen molar-refractivity contribution < 1.29 is 18.1 Å². The van der Waals surface area contributed by atoms with Crippen molar-refractivity contribution in [2.24, 2.45) is 4.36 Å². The molecule has 1 fully saturated rings. The van der Waals surface area contributed by atoms with Crippen LogP contribution in [-0.2, 0) is 15.3 Å². The first kappa shape index (κ1) is 19.5. The van der Waals surface area contributed by atoms with Crippen molar-refractivity contribution in [2.75, 3.05) is 24.8 Å². The van der Waals surface area contributed by atoms with Gasteiger partial charge in [0.05, 0.1) is 23.0 Å². The van der Waals surface area contributed by atoms with Crippen LogP contribution in [-0.4, -0.2) is 39.8 Å². The van der Waals surface area contributed by atoms with E-state index in [1.807, 2.05) is 13.0 Å². The molecule has 2 unspecified atom stereocenters. The summed E-state index contributed by atoms with van der Waals surface area (Å²) in [5.41, 5.74) is 2.75. The summed E-state index contributed by atoms with van der Waals surface area (Å²) in [5.74, 6) is 0.569. The molecule has 0 saturated carbocycles. The Balaban J connectivity index is 1.69. The second-order valence-electron chi connectivity index (χ2n) is 6.80. The van der Waals surface area contributed by atoms with Gasteiger partial charge in [-0.15, -0.1) is 0 Å². The van der Waals surface area contributed by atoms with Gasteiger partial charge >= 0.3 is 0 Å². The molecule has 0 radical (unpaired) electrons. The summed E-state index contributed by atoms with van der Waals surface area (Å²) in [5, 5.41) is 4.03. The summed E-state index contributed by atoms with van der Waals surface area (Å²) in [6, 6.07) is 7.92. The number of benzene rings is 2. The summed E-state index contributed by atoms with van der Waals surface area (Å²) in [6.45, 7) is 3.01. The van der Waals surface area contributed by atoms with E-state index in [0.717, 1.165) is 24.0 Å². The molecule has 1 aliphatic heterocycles. The van der Waals surface area contributed by atoms with Crippen LogP contribution < -0.4 is 10.1 Å². The maximum absolute atomic E-state index is 13.8. The Morgan fingerprint density at radius 3 is 2.90 bits per heavy atom. The molecule has 2 atom stereocenters. The highest BCUT2D eigenvalue weighted by Crippen LogP contribution is 2.33. The van der Waals surface area contributed by atoms with Crippen LogP contribution in [0.15, 0.2) is 41.0 Å². The molecule has 0 aliphatic carbocycles. The molecule has 1 N–H and O–H groups in total. The van der Waals surface area contributed by atoms with Gasteiger partial charge in [-0.05, 0) is 36.8 Å². The molecule has 4 rings (SSSR count). The highest BCUT2D eigenvalue weighted by atomic mass is 32.2. The van der Waals surface area contributed by atoms with Crippen LogP contribution in [0.25, 0.3) is 10.9 Å². The molecule has 1 aliphatic rings. The number of rotatable bonds is 6. The van der Waals surface area contributed by atoms with E-state index < -0.39 is 10.6 Å². The molecule has 1 aromatic heterocycles. The van der Waals surface area contributed by atoms with Gasteiger partial charge in [0.2, 0.25) is 0 Å². The average Bonchev–Trinajstić information content (AvgIpc) is 2.62. The number of nitrogens with one attached hydrogen (secondary N) is 1. The molecule has 9 heteroatoms. The standard InChI is InChI=1S/C20H21FN4O3S/c1-12-7-14(25-29(2)26)9-17-19(12)20(23-11-22-17)24-16-4-3-13(21)8-18(16)28-10-15-5-6-27-15/h3-4,7-9,11,15,29H,5-6,10H2,1-2H3,(H,22,23,24). The van der Waals surface area contributed by atoms with Gasteiger partial charge in [-0.25, -0.2) is 18.7 Å². The Hall–Kier alpha value is -2.78. The number of thiol groups is 1. The monoisotopic (exact) mass is 416 g/mol. The molecule has 2 heterocycles. The van der Waals surface area contributed by atoms with Gasteiger partial charge in [-0.2, -0.15) is 0 Å². The second kappa shape index (κ2) is 8.30. The summed E-state index contributed by atoms with van der Waals surface area (Å²) in [6.07, 6.45) is 3.96. The topological polar surface area (TPSA) is 85.7 Å². The molecule has 7 nitrogen and oxygen atoms in total. The van der Waals surface area contributed by atoms with Crippen LogP contribution in [0.4, 0.5) is 21.6 Å². The predicted molar refractivity (Wildman–Crippen MR) is 111 cm³/mol. The highest BCUT2D eigenvalue weighted by molar-refractivity contribution is 7.74. The minimum atomic E-state index is -1.65. The fourth-order valence-corrected chi connectivity index (χ4v) is 3.57. The molecular weight excluding hydrogens is 395 g/mol. The lowest BCUT2D eigenvalue weighted by molar-refractivity contribution is -0.0720. The lowest BCUT2D eigenvalue weighted by atomic mass is 10.1. The maximum atomic E-state index is 13.8. The van der Waals surface area contributed by atoms with Gasteiger partial charge in [0.1, 0.15) is 30.3 Å². The van der Waals surface area contributed by atoms with Gasteiger partial charge in [-0.3, -0.25) is 4.21 Å². The van der Waals surface area contributed by atoms with Crippen molar-refractivity contribution in [3.8, 4) is 5.75 Å². The lowest BCUT2D eigenvalue weighted by Crippen LogP contribution is -2.32. The fraction of sp³-hybridized carbons (Fsp3) is 0.300. The zero-order valence-corrected chi connectivity index (χ0v) is 16.9. The van der Waals surface area contributed by atoms with Gasteiger partial charge in [0.25, 0.3) is 0 Å². The Morgan fingerprint density at radius 1 is 1.34 bits per heavy atom. The number of hydrogen-bond acceptors (Lipinski definition) is 7. The Kier molecular flexibility index (Phi) is 5.59. The second-order valence-corrected chi connectivity index (χ2v) is 7.93. The van der Waals surface area contributed by atoms with Crippen molar-refractivity contribution in [3.63, 3.8) is 0 Å².